The molecule has 0 saturated carbocycles. The molecule has 6 nitrogen and oxygen atoms in total. The molecule has 1 aromatic heterocycles. The third-order valence-corrected chi connectivity index (χ3v) is 5.08. The average molecular weight is 363 g/mol. The maximum atomic E-state index is 12.5. The first kappa shape index (κ1) is 17.6. The van der Waals surface area contributed by atoms with Gasteiger partial charge in [-0.15, -0.1) is 0 Å². The number of carbonyl (C=O) groups is 1. The van der Waals surface area contributed by atoms with Gasteiger partial charge >= 0.3 is 5.69 Å². The molecule has 0 atom stereocenters. The van der Waals surface area contributed by atoms with E-state index < -0.39 is 0 Å². The van der Waals surface area contributed by atoms with E-state index in [1.807, 2.05) is 43.0 Å². The highest BCUT2D eigenvalue weighted by Crippen LogP contribution is 2.21. The van der Waals surface area contributed by atoms with Gasteiger partial charge in [-0.05, 0) is 32.0 Å². The number of benzene rings is 1. The number of aromatic nitrogens is 2. The molecule has 25 heavy (non-hydrogen) atoms. The molecule has 0 unspecified atom stereocenters. The van der Waals surface area contributed by atoms with Gasteiger partial charge in [-0.1, -0.05) is 17.7 Å². The highest BCUT2D eigenvalue weighted by Gasteiger charge is 2.21. The first-order valence-electron chi connectivity index (χ1n) is 8.50. The molecular formula is C18H23ClN4O2. The molecule has 3 rings (SSSR count). The number of imidazole rings is 1. The highest BCUT2D eigenvalue weighted by atomic mass is 35.5. The summed E-state index contributed by atoms with van der Waals surface area (Å²) in [5, 5.41) is 0.721. The van der Waals surface area contributed by atoms with Gasteiger partial charge in [0.2, 0.25) is 5.91 Å². The van der Waals surface area contributed by atoms with Crippen LogP contribution in [0, 0.1) is 13.8 Å². The molecule has 0 spiro atoms. The van der Waals surface area contributed by atoms with E-state index in [4.69, 9.17) is 11.6 Å². The van der Waals surface area contributed by atoms with Crippen LogP contribution in [0.5, 0.6) is 0 Å². The number of nitrogens with zero attached hydrogens (tertiary/aromatic N) is 3. The molecule has 0 radical (unpaired) electrons. The molecular weight excluding hydrogens is 340 g/mol. The van der Waals surface area contributed by atoms with Crippen molar-refractivity contribution >= 4 is 23.2 Å². The second-order valence-electron chi connectivity index (χ2n) is 6.39. The van der Waals surface area contributed by atoms with Gasteiger partial charge in [-0.25, -0.2) is 4.79 Å². The second kappa shape index (κ2) is 7.35. The fourth-order valence-corrected chi connectivity index (χ4v) is 3.38. The van der Waals surface area contributed by atoms with Gasteiger partial charge < -0.3 is 14.8 Å². The van der Waals surface area contributed by atoms with Crippen molar-refractivity contribution in [1.29, 1.82) is 0 Å². The summed E-state index contributed by atoms with van der Waals surface area (Å²) in [7, 11) is 0. The monoisotopic (exact) mass is 362 g/mol. The number of H-pyrrole nitrogens is 1. The molecule has 0 bridgehead atoms. The Hall–Kier alpha value is -2.21. The van der Waals surface area contributed by atoms with Gasteiger partial charge in [0.15, 0.2) is 0 Å². The Bertz CT molecular complexity index is 819. The summed E-state index contributed by atoms with van der Waals surface area (Å²) in [6.45, 7) is 7.12. The number of nitrogens with one attached hydrogen (secondary N) is 1. The van der Waals surface area contributed by atoms with Crippen LogP contribution >= 0.6 is 11.6 Å². The van der Waals surface area contributed by atoms with Crippen molar-refractivity contribution < 1.29 is 4.79 Å². The molecule has 1 aliphatic rings. The Kier molecular flexibility index (Phi) is 5.18. The largest absolute Gasteiger partial charge is 0.368 e. The topological polar surface area (TPSA) is 61.3 Å². The summed E-state index contributed by atoms with van der Waals surface area (Å²) in [5.74, 6) is 0.0934. The molecule has 1 fully saturated rings. The second-order valence-corrected chi connectivity index (χ2v) is 6.83. The van der Waals surface area contributed by atoms with Gasteiger partial charge in [-0.2, -0.15) is 0 Å². The van der Waals surface area contributed by atoms with Gasteiger partial charge in [-0.3, -0.25) is 9.36 Å². The van der Waals surface area contributed by atoms with Crippen molar-refractivity contribution in [2.45, 2.75) is 26.8 Å². The summed E-state index contributed by atoms with van der Waals surface area (Å²) < 4.78 is 1.63. The smallest absolute Gasteiger partial charge is 0.325 e. The Morgan fingerprint density at radius 2 is 1.92 bits per heavy atom. The summed E-state index contributed by atoms with van der Waals surface area (Å²) in [4.78, 5) is 31.2. The van der Waals surface area contributed by atoms with Gasteiger partial charge in [0.05, 0.1) is 0 Å². The number of piperazine rings is 1. The first-order chi connectivity index (χ1) is 12.0. The van der Waals surface area contributed by atoms with Gasteiger partial charge in [0, 0.05) is 61.2 Å². The standard InChI is InChI=1S/C18H23ClN4O2/c1-13-14(2)23(18(25)20-13)7-6-17(24)22-10-8-21(9-11-22)16-5-3-4-15(19)12-16/h3-5,12H,6-11H2,1-2H3,(H,20,25). The number of anilines is 1. The minimum atomic E-state index is -0.145. The molecule has 2 heterocycles. The number of aromatic amines is 1. The fraction of sp³-hybridized carbons (Fsp3) is 0.444. The lowest BCUT2D eigenvalue weighted by Crippen LogP contribution is -2.49. The molecule has 2 aromatic rings. The molecule has 7 heteroatoms. The van der Waals surface area contributed by atoms with E-state index in [2.05, 4.69) is 9.88 Å². The zero-order valence-corrected chi connectivity index (χ0v) is 15.3. The normalized spacial score (nSPS) is 14.8. The zero-order valence-electron chi connectivity index (χ0n) is 14.6. The predicted molar refractivity (Wildman–Crippen MR) is 99.4 cm³/mol. The van der Waals surface area contributed by atoms with Crippen molar-refractivity contribution in [3.05, 3.63) is 51.2 Å². The lowest BCUT2D eigenvalue weighted by molar-refractivity contribution is -0.131. The van der Waals surface area contributed by atoms with Crippen LogP contribution in [-0.2, 0) is 11.3 Å². The predicted octanol–water partition coefficient (Wildman–Crippen LogP) is 2.19. The van der Waals surface area contributed by atoms with Crippen molar-refractivity contribution in [1.82, 2.24) is 14.5 Å². The average Bonchev–Trinajstić information content (AvgIpc) is 2.85. The highest BCUT2D eigenvalue weighted by molar-refractivity contribution is 6.30. The molecule has 1 aromatic carbocycles. The van der Waals surface area contributed by atoms with Crippen molar-refractivity contribution in [3.63, 3.8) is 0 Å². The molecule has 1 saturated heterocycles. The summed E-state index contributed by atoms with van der Waals surface area (Å²) in [6, 6.07) is 7.78. The van der Waals surface area contributed by atoms with Crippen molar-refractivity contribution in [2.75, 3.05) is 31.1 Å². The Morgan fingerprint density at radius 3 is 2.52 bits per heavy atom. The quantitative estimate of drug-likeness (QED) is 0.906. The summed E-state index contributed by atoms with van der Waals surface area (Å²) >= 11 is 6.05. The van der Waals surface area contributed by atoms with E-state index in [9.17, 15) is 9.59 Å². The van der Waals surface area contributed by atoms with Gasteiger partial charge in [0.1, 0.15) is 0 Å². The van der Waals surface area contributed by atoms with E-state index in [0.717, 1.165) is 35.2 Å². The molecule has 1 amide bonds. The zero-order chi connectivity index (χ0) is 18.0. The van der Waals surface area contributed by atoms with Crippen molar-refractivity contribution in [3.8, 4) is 0 Å². The Labute approximate surface area is 152 Å². The number of amides is 1. The molecule has 1 aliphatic heterocycles. The molecule has 134 valence electrons. The number of hydrogen-bond acceptors (Lipinski definition) is 3. The van der Waals surface area contributed by atoms with Crippen LogP contribution in [0.4, 0.5) is 5.69 Å². The maximum Gasteiger partial charge on any atom is 0.325 e. The Balaban J connectivity index is 1.54. The minimum Gasteiger partial charge on any atom is -0.368 e. The Morgan fingerprint density at radius 1 is 1.20 bits per heavy atom. The SMILES string of the molecule is Cc1[nH]c(=O)n(CCC(=O)N2CCN(c3cccc(Cl)c3)CC2)c1C. The van der Waals surface area contributed by atoms with Crippen LogP contribution in [0.15, 0.2) is 29.1 Å². The van der Waals surface area contributed by atoms with Crippen LogP contribution < -0.4 is 10.6 Å². The fourth-order valence-electron chi connectivity index (χ4n) is 3.19. The third kappa shape index (κ3) is 3.90. The van der Waals surface area contributed by atoms with E-state index >= 15 is 0 Å². The summed E-state index contributed by atoms with van der Waals surface area (Å²) in [6.07, 6.45) is 0.342. The van der Waals surface area contributed by atoms with Crippen molar-refractivity contribution in [2.24, 2.45) is 0 Å². The van der Waals surface area contributed by atoms with E-state index in [-0.39, 0.29) is 11.6 Å². The van der Waals surface area contributed by atoms with E-state index in [1.165, 1.54) is 0 Å². The van der Waals surface area contributed by atoms with E-state index in [1.54, 1.807) is 4.57 Å². The number of aryl methyl sites for hydroxylation is 1. The molecule has 0 aliphatic carbocycles. The first-order valence-corrected chi connectivity index (χ1v) is 8.88. The van der Waals surface area contributed by atoms with Gasteiger partial charge in [0.25, 0.3) is 0 Å². The third-order valence-electron chi connectivity index (χ3n) is 4.84. The van der Waals surface area contributed by atoms with E-state index in [0.29, 0.717) is 26.1 Å². The number of carbonyl (C=O) groups excluding carboxylic acids is 1. The number of hydrogen-bond donors (Lipinski definition) is 1. The van der Waals surface area contributed by atoms with Crippen LogP contribution in [0.25, 0.3) is 0 Å². The summed E-state index contributed by atoms with van der Waals surface area (Å²) in [5.41, 5.74) is 2.69. The molecule has 1 N–H and O–H groups in total. The van der Waals surface area contributed by atoms with Crippen LogP contribution in [0.2, 0.25) is 5.02 Å². The number of halogens is 1. The minimum absolute atomic E-state index is 0.0934. The van der Waals surface area contributed by atoms with Crippen LogP contribution in [0.1, 0.15) is 17.8 Å². The lowest BCUT2D eigenvalue weighted by Gasteiger charge is -2.36. The number of rotatable bonds is 4. The lowest BCUT2D eigenvalue weighted by atomic mass is 10.2. The van der Waals surface area contributed by atoms with Crippen LogP contribution in [0.3, 0.4) is 0 Å². The van der Waals surface area contributed by atoms with Crippen LogP contribution in [-0.4, -0.2) is 46.5 Å². The maximum absolute atomic E-state index is 12.5.